The van der Waals surface area contributed by atoms with Crippen molar-refractivity contribution in [3.63, 3.8) is 0 Å². The molecule has 19 heteroatoms. The summed E-state index contributed by atoms with van der Waals surface area (Å²) < 4.78 is 26.7. The van der Waals surface area contributed by atoms with Gasteiger partial charge in [-0.3, -0.25) is 38.6 Å². The highest BCUT2D eigenvalue weighted by Crippen LogP contribution is 2.19. The maximum absolute atomic E-state index is 12.6. The number of H-pyrrole nitrogens is 1. The van der Waals surface area contributed by atoms with Crippen LogP contribution in [0.3, 0.4) is 0 Å². The molecule has 6 heterocycles. The zero-order chi connectivity index (χ0) is 45.8. The second kappa shape index (κ2) is 25.2. The van der Waals surface area contributed by atoms with E-state index in [1.807, 2.05) is 48.5 Å². The number of aromatic amines is 1. The van der Waals surface area contributed by atoms with E-state index in [1.165, 1.54) is 19.9 Å². The number of benzene rings is 2. The fraction of sp³-hybridized carbons (Fsp3) is 0.391. The van der Waals surface area contributed by atoms with E-state index in [-0.39, 0.29) is 41.1 Å². The van der Waals surface area contributed by atoms with Crippen LogP contribution >= 0.6 is 15.9 Å². The Morgan fingerprint density at radius 3 is 1.68 bits per heavy atom. The zero-order valence-electron chi connectivity index (χ0n) is 35.9. The van der Waals surface area contributed by atoms with Crippen molar-refractivity contribution < 1.29 is 38.1 Å². The van der Waals surface area contributed by atoms with Crippen molar-refractivity contribution in [2.24, 2.45) is 0 Å². The van der Waals surface area contributed by atoms with Crippen molar-refractivity contribution in [1.82, 2.24) is 39.4 Å². The molecule has 2 aromatic carbocycles. The lowest BCUT2D eigenvalue weighted by molar-refractivity contribution is -0.136. The number of imide groups is 2. The molecule has 4 amide bonds. The lowest BCUT2D eigenvalue weighted by Crippen LogP contribution is -2.44. The van der Waals surface area contributed by atoms with Gasteiger partial charge in [0.05, 0.1) is 31.3 Å². The molecular weight excluding hydrogens is 904 g/mol. The van der Waals surface area contributed by atoms with Crippen LogP contribution in [0.2, 0.25) is 0 Å². The molecule has 0 aliphatic carbocycles. The van der Waals surface area contributed by atoms with Gasteiger partial charge in [0.15, 0.2) is 11.3 Å². The van der Waals surface area contributed by atoms with E-state index >= 15 is 0 Å². The first-order chi connectivity index (χ1) is 31.6. The normalized spacial score (nSPS) is 16.0. The number of hydrogen-bond acceptors (Lipinski definition) is 12. The molecule has 0 saturated carbocycles. The number of hydrogen-bond donors (Lipinski definition) is 3. The van der Waals surface area contributed by atoms with Gasteiger partial charge in [-0.25, -0.2) is 14.7 Å². The van der Waals surface area contributed by atoms with Crippen LogP contribution in [0, 0.1) is 0 Å². The first kappa shape index (κ1) is 48.0. The van der Waals surface area contributed by atoms with Gasteiger partial charge in [0.25, 0.3) is 5.91 Å². The summed E-state index contributed by atoms with van der Waals surface area (Å²) in [4.78, 5) is 68.3. The molecule has 0 spiro atoms. The number of amides is 4. The maximum atomic E-state index is 12.6. The Morgan fingerprint density at radius 2 is 1.12 bits per heavy atom. The number of halogens is 1. The molecule has 2 aliphatic heterocycles. The van der Waals surface area contributed by atoms with Gasteiger partial charge in [-0.1, -0.05) is 76.6 Å². The number of carbonyl (C=O) groups is 4. The molecule has 2 atom stereocenters. The number of ether oxygens (including phenoxy) is 4. The second-order valence-electron chi connectivity index (χ2n) is 15.2. The highest BCUT2D eigenvalue weighted by atomic mass is 79.9. The quantitative estimate of drug-likeness (QED) is 0.0541. The highest BCUT2D eigenvalue weighted by Gasteiger charge is 2.31. The number of nitrogens with one attached hydrogen (secondary N) is 3. The monoisotopic (exact) mass is 956 g/mol. The van der Waals surface area contributed by atoms with Gasteiger partial charge in [0, 0.05) is 50.6 Å². The first-order valence-corrected chi connectivity index (χ1v) is 22.5. The Morgan fingerprint density at radius 1 is 0.600 bits per heavy atom. The summed E-state index contributed by atoms with van der Waals surface area (Å²) in [6, 6.07) is 26.4. The van der Waals surface area contributed by atoms with Crippen LogP contribution in [0.4, 0.5) is 0 Å². The second-order valence-corrected chi connectivity index (χ2v) is 16.3. The molecule has 2 unspecified atom stereocenters. The van der Waals surface area contributed by atoms with Crippen molar-refractivity contribution in [1.29, 1.82) is 0 Å². The largest absolute Gasteiger partial charge is 0.493 e. The van der Waals surface area contributed by atoms with E-state index in [0.717, 1.165) is 55.6 Å². The van der Waals surface area contributed by atoms with Gasteiger partial charge >= 0.3 is 11.4 Å². The number of piperidine rings is 2. The van der Waals surface area contributed by atoms with E-state index in [0.29, 0.717) is 62.9 Å². The number of nitrogens with zero attached hydrogens (tertiary/aromatic N) is 5. The van der Waals surface area contributed by atoms with Gasteiger partial charge in [-0.05, 0) is 74.6 Å². The molecular formula is C46H53BrN8O10. The lowest BCUT2D eigenvalue weighted by atomic mass is 10.1. The Bertz CT molecular complexity index is 2600. The molecule has 6 aromatic rings. The maximum Gasteiger partial charge on any atom is 0.351 e. The molecule has 0 bridgehead atoms. The number of alkyl halides is 1. The number of pyridine rings is 2. The Hall–Kier alpha value is -6.44. The Balaban J connectivity index is 0.000000186. The summed E-state index contributed by atoms with van der Waals surface area (Å²) in [7, 11) is 0. The smallest absolute Gasteiger partial charge is 0.351 e. The first-order valence-electron chi connectivity index (χ1n) is 21.6. The molecule has 4 aromatic heterocycles. The molecule has 8 rings (SSSR count). The summed E-state index contributed by atoms with van der Waals surface area (Å²) in [6.45, 7) is 3.96. The summed E-state index contributed by atoms with van der Waals surface area (Å²) in [5.74, 6) is 0.111. The number of fused-ring (bicyclic) bond motifs is 2. The molecule has 65 heavy (non-hydrogen) atoms. The average Bonchev–Trinajstić information content (AvgIpc) is 3.85. The minimum Gasteiger partial charge on any atom is -0.493 e. The third kappa shape index (κ3) is 15.1. The van der Waals surface area contributed by atoms with Crippen LogP contribution in [0.15, 0.2) is 107 Å². The number of aromatic nitrogens is 6. The van der Waals surface area contributed by atoms with E-state index in [4.69, 9.17) is 18.9 Å². The number of carbonyl (C=O) groups excluding carboxylic acids is 4. The van der Waals surface area contributed by atoms with Crippen LogP contribution in [-0.4, -0.2) is 83.7 Å². The van der Waals surface area contributed by atoms with E-state index in [1.54, 1.807) is 36.7 Å². The Kier molecular flexibility index (Phi) is 18.6. The van der Waals surface area contributed by atoms with Crippen molar-refractivity contribution in [3.8, 4) is 11.5 Å². The van der Waals surface area contributed by atoms with Gasteiger partial charge in [-0.15, -0.1) is 5.10 Å². The summed E-state index contributed by atoms with van der Waals surface area (Å²) in [5, 5.41) is 15.0. The van der Waals surface area contributed by atoms with Crippen molar-refractivity contribution >= 4 is 50.9 Å². The summed E-state index contributed by atoms with van der Waals surface area (Å²) >= 11 is 3.12. The minimum atomic E-state index is -0.784. The average molecular weight is 958 g/mol. The molecule has 3 N–H and O–H groups in total. The SMILES string of the molecule is O=C1CCC(Br)C(=O)N1.O=C1CCC(n2nc3cc(OCCCCCOCc4ccccc4)ccn3c2=O)C(=O)N1.O=c1[nH]nc2cc(OCCCCCOCc3ccccc3)ccn12. The van der Waals surface area contributed by atoms with Crippen LogP contribution in [0.5, 0.6) is 11.5 Å². The van der Waals surface area contributed by atoms with Gasteiger partial charge in [-0.2, -0.15) is 9.78 Å². The fourth-order valence-electron chi connectivity index (χ4n) is 6.70. The number of unbranched alkanes of at least 4 members (excludes halogenated alkanes) is 4. The molecule has 2 aliphatic rings. The van der Waals surface area contributed by atoms with Crippen molar-refractivity contribution in [3.05, 3.63) is 129 Å². The van der Waals surface area contributed by atoms with E-state index < -0.39 is 17.6 Å². The van der Waals surface area contributed by atoms with Crippen molar-refractivity contribution in [2.75, 3.05) is 26.4 Å². The van der Waals surface area contributed by atoms with Gasteiger partial charge in [0.1, 0.15) is 17.5 Å². The summed E-state index contributed by atoms with van der Waals surface area (Å²) in [5.41, 5.74) is 2.67. The number of rotatable bonds is 19. The fourth-order valence-corrected chi connectivity index (χ4v) is 7.04. The zero-order valence-corrected chi connectivity index (χ0v) is 37.5. The Labute approximate surface area is 382 Å². The summed E-state index contributed by atoms with van der Waals surface area (Å²) in [6.07, 6.45) is 10.6. The van der Waals surface area contributed by atoms with Crippen LogP contribution in [-0.2, 0) is 41.9 Å². The van der Waals surface area contributed by atoms with Gasteiger partial charge in [0.2, 0.25) is 17.7 Å². The third-order valence-electron chi connectivity index (χ3n) is 10.2. The molecule has 0 radical (unpaired) electrons. The van der Waals surface area contributed by atoms with E-state index in [9.17, 15) is 28.8 Å². The van der Waals surface area contributed by atoms with E-state index in [2.05, 4.69) is 54.0 Å². The molecule has 344 valence electrons. The highest BCUT2D eigenvalue weighted by molar-refractivity contribution is 9.10. The standard InChI is InChI=1S/C23H26N4O5.C18H21N3O3.C5H6BrNO2/c28-21-10-9-19(22(29)24-21)27-23(30)26-12-11-18(15-20(26)25-27)32-14-6-2-5-13-31-16-17-7-3-1-4-8-17;22-18-20-19-17-13-16(9-10-21(17)18)24-12-6-2-5-11-23-14-15-7-3-1-4-8-15;6-3-1-2-4(8)7-5(3)9/h1,3-4,7-8,11-12,15,19H,2,5-6,9-10,13-14,16H2,(H,24,28,29);1,3-4,7-10,13H,2,5-6,11-12,14H2,(H,20,22);3H,1-2H2,(H,7,8,9). The topological polar surface area (TPSA) is 219 Å². The third-order valence-corrected chi connectivity index (χ3v) is 11.1. The lowest BCUT2D eigenvalue weighted by Gasteiger charge is -2.19. The van der Waals surface area contributed by atoms with Crippen LogP contribution in [0.1, 0.15) is 81.4 Å². The van der Waals surface area contributed by atoms with Gasteiger partial charge < -0.3 is 18.9 Å². The minimum absolute atomic E-state index is 0.171. The van der Waals surface area contributed by atoms with Crippen LogP contribution < -0.4 is 31.5 Å². The molecule has 18 nitrogen and oxygen atoms in total. The molecule has 2 fully saturated rings. The predicted molar refractivity (Wildman–Crippen MR) is 243 cm³/mol. The predicted octanol–water partition coefficient (Wildman–Crippen LogP) is 5.21. The molecule has 2 saturated heterocycles. The van der Waals surface area contributed by atoms with Crippen molar-refractivity contribution in [2.45, 2.75) is 88.3 Å². The van der Waals surface area contributed by atoms with Crippen LogP contribution in [0.25, 0.3) is 11.3 Å².